The fourth-order valence-electron chi connectivity index (χ4n) is 2.28. The lowest BCUT2D eigenvalue weighted by Crippen LogP contribution is -2.45. The molecule has 1 heterocycles. The second-order valence-corrected chi connectivity index (χ2v) is 5.50. The van der Waals surface area contributed by atoms with Crippen molar-refractivity contribution in [2.24, 2.45) is 5.73 Å². The molecular formula is C14H29N3O2. The SMILES string of the molecule is CC(C)OCCN1CCC(NC(=O)CCCN)CC1. The first-order chi connectivity index (χ1) is 9.11. The monoisotopic (exact) mass is 271 g/mol. The van der Waals surface area contributed by atoms with E-state index in [-0.39, 0.29) is 5.91 Å². The highest BCUT2D eigenvalue weighted by atomic mass is 16.5. The third kappa shape index (κ3) is 7.50. The number of ether oxygens (including phenoxy) is 1. The average Bonchev–Trinajstić information content (AvgIpc) is 2.38. The maximum Gasteiger partial charge on any atom is 0.220 e. The molecule has 0 saturated carbocycles. The number of amides is 1. The van der Waals surface area contributed by atoms with Crippen molar-refractivity contribution in [1.29, 1.82) is 0 Å². The predicted octanol–water partition coefficient (Wildman–Crippen LogP) is 0.731. The van der Waals surface area contributed by atoms with Crippen LogP contribution in [0.4, 0.5) is 0 Å². The number of piperidine rings is 1. The van der Waals surface area contributed by atoms with Crippen LogP contribution in [-0.4, -0.2) is 55.7 Å². The number of nitrogens with one attached hydrogen (secondary N) is 1. The van der Waals surface area contributed by atoms with Crippen LogP contribution in [0.25, 0.3) is 0 Å². The molecule has 5 heteroatoms. The lowest BCUT2D eigenvalue weighted by Gasteiger charge is -2.32. The van der Waals surface area contributed by atoms with Gasteiger partial charge in [0.15, 0.2) is 0 Å². The van der Waals surface area contributed by atoms with Crippen LogP contribution in [0.5, 0.6) is 0 Å². The van der Waals surface area contributed by atoms with E-state index in [4.69, 9.17) is 10.5 Å². The number of carbonyl (C=O) groups is 1. The summed E-state index contributed by atoms with van der Waals surface area (Å²) in [5, 5.41) is 3.10. The van der Waals surface area contributed by atoms with Crippen LogP contribution in [0.15, 0.2) is 0 Å². The van der Waals surface area contributed by atoms with E-state index >= 15 is 0 Å². The molecule has 112 valence electrons. The molecule has 3 N–H and O–H groups in total. The average molecular weight is 271 g/mol. The van der Waals surface area contributed by atoms with Crippen molar-refractivity contribution in [3.63, 3.8) is 0 Å². The van der Waals surface area contributed by atoms with Crippen LogP contribution in [0.1, 0.15) is 39.5 Å². The van der Waals surface area contributed by atoms with Crippen LogP contribution >= 0.6 is 0 Å². The minimum atomic E-state index is 0.145. The summed E-state index contributed by atoms with van der Waals surface area (Å²) in [6.07, 6.45) is 3.71. The summed E-state index contributed by atoms with van der Waals surface area (Å²) in [5.74, 6) is 0.145. The van der Waals surface area contributed by atoms with Gasteiger partial charge in [-0.1, -0.05) is 0 Å². The van der Waals surface area contributed by atoms with E-state index in [1.54, 1.807) is 0 Å². The predicted molar refractivity (Wildman–Crippen MR) is 77.0 cm³/mol. The zero-order valence-corrected chi connectivity index (χ0v) is 12.4. The van der Waals surface area contributed by atoms with Gasteiger partial charge in [0.05, 0.1) is 12.7 Å². The summed E-state index contributed by atoms with van der Waals surface area (Å²) in [5.41, 5.74) is 5.40. The molecule has 1 aliphatic rings. The van der Waals surface area contributed by atoms with Gasteiger partial charge in [-0.05, 0) is 39.7 Å². The maximum atomic E-state index is 11.6. The Balaban J connectivity index is 2.09. The van der Waals surface area contributed by atoms with Gasteiger partial charge in [-0.2, -0.15) is 0 Å². The number of likely N-dealkylation sites (tertiary alicyclic amines) is 1. The highest BCUT2D eigenvalue weighted by Crippen LogP contribution is 2.10. The van der Waals surface area contributed by atoms with E-state index in [0.29, 0.717) is 25.1 Å². The Morgan fingerprint density at radius 3 is 2.68 bits per heavy atom. The van der Waals surface area contributed by atoms with Crippen molar-refractivity contribution in [2.75, 3.05) is 32.8 Å². The summed E-state index contributed by atoms with van der Waals surface area (Å²) in [6.45, 7) is 8.58. The Morgan fingerprint density at radius 2 is 2.11 bits per heavy atom. The lowest BCUT2D eigenvalue weighted by molar-refractivity contribution is -0.122. The highest BCUT2D eigenvalue weighted by Gasteiger charge is 2.20. The van der Waals surface area contributed by atoms with Gasteiger partial charge in [0.1, 0.15) is 0 Å². The Kier molecular flexibility index (Phi) is 8.02. The van der Waals surface area contributed by atoms with Gasteiger partial charge >= 0.3 is 0 Å². The summed E-state index contributed by atoms with van der Waals surface area (Å²) in [7, 11) is 0. The van der Waals surface area contributed by atoms with Crippen molar-refractivity contribution in [1.82, 2.24) is 10.2 Å². The van der Waals surface area contributed by atoms with Crippen molar-refractivity contribution < 1.29 is 9.53 Å². The van der Waals surface area contributed by atoms with Gasteiger partial charge in [0, 0.05) is 32.1 Å². The standard InChI is InChI=1S/C14H29N3O2/c1-12(2)19-11-10-17-8-5-13(6-9-17)16-14(18)4-3-7-15/h12-13H,3-11,15H2,1-2H3,(H,16,18). The lowest BCUT2D eigenvalue weighted by atomic mass is 10.0. The summed E-state index contributed by atoms with van der Waals surface area (Å²) < 4.78 is 5.56. The minimum Gasteiger partial charge on any atom is -0.377 e. The molecule has 0 unspecified atom stereocenters. The second-order valence-electron chi connectivity index (χ2n) is 5.50. The highest BCUT2D eigenvalue weighted by molar-refractivity contribution is 5.76. The maximum absolute atomic E-state index is 11.6. The van der Waals surface area contributed by atoms with E-state index in [1.165, 1.54) is 0 Å². The van der Waals surface area contributed by atoms with Crippen molar-refractivity contribution >= 4 is 5.91 Å². The summed E-state index contributed by atoms with van der Waals surface area (Å²) >= 11 is 0. The molecule has 1 aliphatic heterocycles. The molecule has 0 aliphatic carbocycles. The van der Waals surface area contributed by atoms with Gasteiger partial charge in [-0.25, -0.2) is 0 Å². The smallest absolute Gasteiger partial charge is 0.220 e. The topological polar surface area (TPSA) is 67.6 Å². The molecule has 1 saturated heterocycles. The van der Waals surface area contributed by atoms with Crippen LogP contribution in [-0.2, 0) is 9.53 Å². The number of rotatable bonds is 8. The van der Waals surface area contributed by atoms with E-state index in [0.717, 1.165) is 45.5 Å². The summed E-state index contributed by atoms with van der Waals surface area (Å²) in [4.78, 5) is 14.0. The first-order valence-electron chi connectivity index (χ1n) is 7.45. The molecule has 5 nitrogen and oxygen atoms in total. The Morgan fingerprint density at radius 1 is 1.42 bits per heavy atom. The molecular weight excluding hydrogens is 242 g/mol. The van der Waals surface area contributed by atoms with Gasteiger partial charge in [0.25, 0.3) is 0 Å². The van der Waals surface area contributed by atoms with E-state index in [1.807, 2.05) is 0 Å². The summed E-state index contributed by atoms with van der Waals surface area (Å²) in [6, 6.07) is 0.340. The molecule has 1 amide bonds. The molecule has 0 spiro atoms. The molecule has 0 aromatic carbocycles. The Hall–Kier alpha value is -0.650. The number of nitrogens with zero attached hydrogens (tertiary/aromatic N) is 1. The van der Waals surface area contributed by atoms with Crippen molar-refractivity contribution in [3.8, 4) is 0 Å². The fraction of sp³-hybridized carbons (Fsp3) is 0.929. The van der Waals surface area contributed by atoms with E-state index < -0.39 is 0 Å². The molecule has 0 bridgehead atoms. The number of hydrogen-bond donors (Lipinski definition) is 2. The van der Waals surface area contributed by atoms with Crippen LogP contribution in [0.3, 0.4) is 0 Å². The molecule has 0 radical (unpaired) electrons. The Labute approximate surface area is 116 Å². The van der Waals surface area contributed by atoms with Crippen LogP contribution in [0, 0.1) is 0 Å². The minimum absolute atomic E-state index is 0.145. The fourth-order valence-corrected chi connectivity index (χ4v) is 2.28. The molecule has 0 aromatic rings. The quantitative estimate of drug-likeness (QED) is 0.683. The van der Waals surface area contributed by atoms with E-state index in [9.17, 15) is 4.79 Å². The van der Waals surface area contributed by atoms with Crippen LogP contribution < -0.4 is 11.1 Å². The number of carbonyl (C=O) groups excluding carboxylic acids is 1. The molecule has 0 atom stereocenters. The van der Waals surface area contributed by atoms with Crippen molar-refractivity contribution in [3.05, 3.63) is 0 Å². The molecule has 0 aromatic heterocycles. The normalized spacial score (nSPS) is 17.9. The van der Waals surface area contributed by atoms with Crippen LogP contribution in [0.2, 0.25) is 0 Å². The zero-order valence-electron chi connectivity index (χ0n) is 12.4. The number of hydrogen-bond acceptors (Lipinski definition) is 4. The molecule has 1 rings (SSSR count). The largest absolute Gasteiger partial charge is 0.377 e. The van der Waals surface area contributed by atoms with Gasteiger partial charge in [0.2, 0.25) is 5.91 Å². The zero-order chi connectivity index (χ0) is 14.1. The first-order valence-corrected chi connectivity index (χ1v) is 7.45. The van der Waals surface area contributed by atoms with Gasteiger partial charge in [-0.3, -0.25) is 4.79 Å². The third-order valence-electron chi connectivity index (χ3n) is 3.42. The third-order valence-corrected chi connectivity index (χ3v) is 3.42. The second kappa shape index (κ2) is 9.28. The van der Waals surface area contributed by atoms with Gasteiger partial charge < -0.3 is 20.7 Å². The molecule has 1 fully saturated rings. The Bertz CT molecular complexity index is 251. The first kappa shape index (κ1) is 16.4. The molecule has 19 heavy (non-hydrogen) atoms. The number of nitrogens with two attached hydrogens (primary N) is 1. The van der Waals surface area contributed by atoms with Gasteiger partial charge in [-0.15, -0.1) is 0 Å². The van der Waals surface area contributed by atoms with E-state index in [2.05, 4.69) is 24.1 Å². The van der Waals surface area contributed by atoms with Crippen molar-refractivity contribution in [2.45, 2.75) is 51.7 Å².